The predicted molar refractivity (Wildman–Crippen MR) is 106 cm³/mol. The molecule has 9 heteroatoms. The molecular formula is C18H25BrFN3O3S. The Morgan fingerprint density at radius 3 is 2.41 bits per heavy atom. The Morgan fingerprint density at radius 1 is 1.07 bits per heavy atom. The Hall–Kier alpha value is -1.03. The quantitative estimate of drug-likeness (QED) is 0.746. The van der Waals surface area contributed by atoms with Crippen LogP contribution in [-0.2, 0) is 15.0 Å². The summed E-state index contributed by atoms with van der Waals surface area (Å²) in [5.41, 5.74) is 0.107. The van der Waals surface area contributed by atoms with Crippen molar-refractivity contribution in [3.05, 3.63) is 28.5 Å². The van der Waals surface area contributed by atoms with Crippen LogP contribution in [0.4, 0.5) is 10.1 Å². The molecule has 1 aromatic carbocycles. The van der Waals surface area contributed by atoms with Crippen molar-refractivity contribution in [2.75, 3.05) is 31.5 Å². The molecule has 27 heavy (non-hydrogen) atoms. The Morgan fingerprint density at radius 2 is 1.74 bits per heavy atom. The number of halogens is 2. The molecule has 1 amide bonds. The van der Waals surface area contributed by atoms with E-state index in [9.17, 15) is 17.6 Å². The summed E-state index contributed by atoms with van der Waals surface area (Å²) in [6, 6.07) is 4.42. The fraction of sp³-hybridized carbons (Fsp3) is 0.611. The Labute approximate surface area is 168 Å². The summed E-state index contributed by atoms with van der Waals surface area (Å²) in [6.07, 6.45) is 5.06. The lowest BCUT2D eigenvalue weighted by Crippen LogP contribution is -2.50. The summed E-state index contributed by atoms with van der Waals surface area (Å²) in [6.45, 7) is 1.65. The van der Waals surface area contributed by atoms with Gasteiger partial charge in [0.25, 0.3) is 10.2 Å². The molecule has 2 saturated heterocycles. The average molecular weight is 462 g/mol. The van der Waals surface area contributed by atoms with Crippen LogP contribution < -0.4 is 5.32 Å². The minimum Gasteiger partial charge on any atom is -0.323 e. The van der Waals surface area contributed by atoms with Gasteiger partial charge in [-0.2, -0.15) is 17.0 Å². The molecule has 0 bridgehead atoms. The van der Waals surface area contributed by atoms with Crippen molar-refractivity contribution in [1.29, 1.82) is 0 Å². The maximum Gasteiger partial charge on any atom is 0.281 e. The van der Waals surface area contributed by atoms with E-state index >= 15 is 0 Å². The van der Waals surface area contributed by atoms with E-state index in [0.717, 1.165) is 25.7 Å². The highest BCUT2D eigenvalue weighted by Gasteiger charge is 2.36. The standard InChI is InChI=1S/C18H25BrFN3O3S/c19-15-7-8-17(16(20)12-15)21-18(24)14-6-5-11-23(13-14)27(25,26)22-9-3-1-2-4-10-22/h7-8,12,14H,1-6,9-11,13H2,(H,21,24)/t14-/m1/s1. The summed E-state index contributed by atoms with van der Waals surface area (Å²) in [7, 11) is -3.56. The van der Waals surface area contributed by atoms with Gasteiger partial charge in [0.1, 0.15) is 5.82 Å². The number of nitrogens with one attached hydrogen (secondary N) is 1. The van der Waals surface area contributed by atoms with Crippen LogP contribution in [0.15, 0.2) is 22.7 Å². The number of hydrogen-bond donors (Lipinski definition) is 1. The smallest absolute Gasteiger partial charge is 0.281 e. The normalized spacial score (nSPS) is 23.0. The molecule has 1 aromatic rings. The molecule has 2 fully saturated rings. The Bertz CT molecular complexity index is 782. The van der Waals surface area contributed by atoms with Crippen LogP contribution in [0.2, 0.25) is 0 Å². The molecule has 6 nitrogen and oxygen atoms in total. The van der Waals surface area contributed by atoms with Crippen molar-refractivity contribution < 1.29 is 17.6 Å². The van der Waals surface area contributed by atoms with Crippen LogP contribution in [0.25, 0.3) is 0 Å². The minimum absolute atomic E-state index is 0.107. The monoisotopic (exact) mass is 461 g/mol. The van der Waals surface area contributed by atoms with Gasteiger partial charge in [-0.25, -0.2) is 4.39 Å². The van der Waals surface area contributed by atoms with Gasteiger partial charge in [0, 0.05) is 30.7 Å². The molecule has 3 rings (SSSR count). The van der Waals surface area contributed by atoms with Gasteiger partial charge in [-0.15, -0.1) is 0 Å². The highest BCUT2D eigenvalue weighted by Crippen LogP contribution is 2.25. The number of nitrogens with zero attached hydrogens (tertiary/aromatic N) is 2. The number of carbonyl (C=O) groups excluding carboxylic acids is 1. The molecular weight excluding hydrogens is 437 g/mol. The maximum absolute atomic E-state index is 14.0. The van der Waals surface area contributed by atoms with Gasteiger partial charge in [0.2, 0.25) is 5.91 Å². The van der Waals surface area contributed by atoms with Gasteiger partial charge in [-0.05, 0) is 43.9 Å². The van der Waals surface area contributed by atoms with E-state index < -0.39 is 21.9 Å². The van der Waals surface area contributed by atoms with Gasteiger partial charge < -0.3 is 5.32 Å². The van der Waals surface area contributed by atoms with Crippen LogP contribution in [-0.4, -0.2) is 49.1 Å². The molecule has 2 heterocycles. The number of piperidine rings is 1. The third-order valence-electron chi connectivity index (χ3n) is 5.16. The second-order valence-corrected chi connectivity index (χ2v) is 9.98. The molecule has 1 N–H and O–H groups in total. The van der Waals surface area contributed by atoms with Crippen LogP contribution in [0.1, 0.15) is 38.5 Å². The van der Waals surface area contributed by atoms with E-state index in [1.807, 2.05) is 0 Å². The zero-order valence-electron chi connectivity index (χ0n) is 15.2. The van der Waals surface area contributed by atoms with E-state index in [0.29, 0.717) is 36.9 Å². The number of anilines is 1. The summed E-state index contributed by atoms with van der Waals surface area (Å²) < 4.78 is 43.5. The van der Waals surface area contributed by atoms with E-state index in [1.54, 1.807) is 10.4 Å². The van der Waals surface area contributed by atoms with Crippen molar-refractivity contribution >= 4 is 37.7 Å². The molecule has 0 unspecified atom stereocenters. The minimum atomic E-state index is -3.56. The highest BCUT2D eigenvalue weighted by atomic mass is 79.9. The molecule has 0 radical (unpaired) electrons. The van der Waals surface area contributed by atoms with Gasteiger partial charge in [0.15, 0.2) is 0 Å². The number of amides is 1. The SMILES string of the molecule is O=C(Nc1ccc(Br)cc1F)[C@@H]1CCCN(S(=O)(=O)N2CCCCCC2)C1. The molecule has 0 spiro atoms. The van der Waals surface area contributed by atoms with Crippen molar-refractivity contribution in [3.63, 3.8) is 0 Å². The fourth-order valence-electron chi connectivity index (χ4n) is 3.63. The lowest BCUT2D eigenvalue weighted by molar-refractivity contribution is -0.120. The van der Waals surface area contributed by atoms with Crippen LogP contribution >= 0.6 is 15.9 Å². The molecule has 0 aliphatic carbocycles. The fourth-order valence-corrected chi connectivity index (χ4v) is 5.73. The van der Waals surface area contributed by atoms with Crippen molar-refractivity contribution in [2.24, 2.45) is 5.92 Å². The number of benzene rings is 1. The van der Waals surface area contributed by atoms with Gasteiger partial charge in [0.05, 0.1) is 11.6 Å². The van der Waals surface area contributed by atoms with E-state index in [1.165, 1.54) is 16.4 Å². The van der Waals surface area contributed by atoms with Gasteiger partial charge in [-0.1, -0.05) is 28.8 Å². The number of carbonyl (C=O) groups is 1. The van der Waals surface area contributed by atoms with E-state index in [2.05, 4.69) is 21.2 Å². The Kier molecular flexibility index (Phi) is 6.88. The lowest BCUT2D eigenvalue weighted by Gasteiger charge is -2.34. The first-order valence-electron chi connectivity index (χ1n) is 9.39. The topological polar surface area (TPSA) is 69.7 Å². The Balaban J connectivity index is 1.66. The average Bonchev–Trinajstić information content (AvgIpc) is 2.94. The zero-order valence-corrected chi connectivity index (χ0v) is 17.6. The number of rotatable bonds is 4. The first kappa shape index (κ1) is 20.7. The summed E-state index contributed by atoms with van der Waals surface area (Å²) in [5.74, 6) is -1.35. The predicted octanol–water partition coefficient (Wildman–Crippen LogP) is 3.36. The summed E-state index contributed by atoms with van der Waals surface area (Å²) in [5, 5.41) is 2.60. The molecule has 0 saturated carbocycles. The van der Waals surface area contributed by atoms with Crippen LogP contribution in [0, 0.1) is 11.7 Å². The molecule has 2 aliphatic rings. The number of hydrogen-bond acceptors (Lipinski definition) is 3. The van der Waals surface area contributed by atoms with Crippen molar-refractivity contribution in [1.82, 2.24) is 8.61 Å². The molecule has 0 aromatic heterocycles. The van der Waals surface area contributed by atoms with Crippen LogP contribution in [0.3, 0.4) is 0 Å². The highest BCUT2D eigenvalue weighted by molar-refractivity contribution is 9.10. The van der Waals surface area contributed by atoms with Crippen LogP contribution in [0.5, 0.6) is 0 Å². The largest absolute Gasteiger partial charge is 0.323 e. The van der Waals surface area contributed by atoms with Crippen molar-refractivity contribution in [2.45, 2.75) is 38.5 Å². The second kappa shape index (κ2) is 8.98. The third kappa shape index (κ3) is 5.07. The lowest BCUT2D eigenvalue weighted by atomic mass is 9.98. The molecule has 2 aliphatic heterocycles. The summed E-state index contributed by atoms with van der Waals surface area (Å²) in [4.78, 5) is 12.6. The summed E-state index contributed by atoms with van der Waals surface area (Å²) >= 11 is 3.18. The maximum atomic E-state index is 14.0. The molecule has 1 atom stereocenters. The van der Waals surface area contributed by atoms with E-state index in [4.69, 9.17) is 0 Å². The third-order valence-corrected chi connectivity index (χ3v) is 7.66. The first-order valence-corrected chi connectivity index (χ1v) is 11.6. The van der Waals surface area contributed by atoms with E-state index in [-0.39, 0.29) is 18.1 Å². The molecule has 150 valence electrons. The first-order chi connectivity index (χ1) is 12.9. The second-order valence-electron chi connectivity index (χ2n) is 7.13. The van der Waals surface area contributed by atoms with Gasteiger partial charge in [-0.3, -0.25) is 4.79 Å². The zero-order chi connectivity index (χ0) is 19.4. The van der Waals surface area contributed by atoms with Gasteiger partial charge >= 0.3 is 0 Å². The van der Waals surface area contributed by atoms with Crippen molar-refractivity contribution in [3.8, 4) is 0 Å².